The van der Waals surface area contributed by atoms with Crippen LogP contribution in [-0.2, 0) is 4.79 Å². The van der Waals surface area contributed by atoms with Crippen molar-refractivity contribution in [1.29, 1.82) is 0 Å². The van der Waals surface area contributed by atoms with E-state index in [4.69, 9.17) is 30.5 Å². The molecule has 162 valence electrons. The quantitative estimate of drug-likeness (QED) is 0.554. The van der Waals surface area contributed by atoms with E-state index in [1.807, 2.05) is 13.8 Å². The zero-order valence-corrected chi connectivity index (χ0v) is 17.9. The second kappa shape index (κ2) is 11.8. The standard InChI is InChI=1S/C21H25ClN2O6/c1-4-10-29-20-15(22)11-14(12-18(20)27-3)21(26)24-23-19(25)13-30-17-9-7-6-8-16(17)28-5-2/h6-9,11-12H,4-5,10,13H2,1-3H3,(H,23,25)(H,24,26). The minimum Gasteiger partial charge on any atom is -0.493 e. The molecule has 8 nitrogen and oxygen atoms in total. The monoisotopic (exact) mass is 436 g/mol. The summed E-state index contributed by atoms with van der Waals surface area (Å²) in [5.74, 6) is 0.533. The Labute approximate surface area is 180 Å². The molecule has 0 bridgehead atoms. The molecule has 2 amide bonds. The maximum atomic E-state index is 12.4. The summed E-state index contributed by atoms with van der Waals surface area (Å²) in [7, 11) is 1.45. The number of halogens is 1. The summed E-state index contributed by atoms with van der Waals surface area (Å²) in [6.07, 6.45) is 0.796. The zero-order valence-electron chi connectivity index (χ0n) is 17.1. The summed E-state index contributed by atoms with van der Waals surface area (Å²) in [6, 6.07) is 9.91. The van der Waals surface area contributed by atoms with Gasteiger partial charge in [0.05, 0.1) is 25.3 Å². The van der Waals surface area contributed by atoms with E-state index < -0.39 is 11.8 Å². The van der Waals surface area contributed by atoms with Crippen molar-refractivity contribution in [2.24, 2.45) is 0 Å². The average Bonchev–Trinajstić information content (AvgIpc) is 2.75. The fourth-order valence-electron chi connectivity index (χ4n) is 2.42. The normalized spacial score (nSPS) is 10.1. The van der Waals surface area contributed by atoms with Crippen LogP contribution in [-0.4, -0.2) is 38.7 Å². The second-order valence-corrected chi connectivity index (χ2v) is 6.42. The van der Waals surface area contributed by atoms with Crippen LogP contribution in [0.3, 0.4) is 0 Å². The van der Waals surface area contributed by atoms with E-state index in [1.54, 1.807) is 24.3 Å². The molecule has 0 aliphatic heterocycles. The summed E-state index contributed by atoms with van der Waals surface area (Å²) in [4.78, 5) is 24.4. The smallest absolute Gasteiger partial charge is 0.276 e. The summed E-state index contributed by atoms with van der Waals surface area (Å²) in [6.45, 7) is 4.44. The summed E-state index contributed by atoms with van der Waals surface area (Å²) >= 11 is 6.21. The molecule has 9 heteroatoms. The Morgan fingerprint density at radius 1 is 0.967 bits per heavy atom. The Kier molecular flexibility index (Phi) is 9.08. The molecule has 0 aliphatic rings. The van der Waals surface area contributed by atoms with E-state index in [0.717, 1.165) is 6.42 Å². The summed E-state index contributed by atoms with van der Waals surface area (Å²) < 4.78 is 21.7. The molecule has 0 spiro atoms. The van der Waals surface area contributed by atoms with Crippen LogP contribution in [0.15, 0.2) is 36.4 Å². The molecule has 2 rings (SSSR count). The van der Waals surface area contributed by atoms with E-state index in [2.05, 4.69) is 10.9 Å². The molecule has 0 aromatic heterocycles. The van der Waals surface area contributed by atoms with Gasteiger partial charge in [-0.15, -0.1) is 0 Å². The van der Waals surface area contributed by atoms with Crippen molar-refractivity contribution in [2.45, 2.75) is 20.3 Å². The van der Waals surface area contributed by atoms with Crippen molar-refractivity contribution in [3.63, 3.8) is 0 Å². The van der Waals surface area contributed by atoms with Crippen LogP contribution in [0.5, 0.6) is 23.0 Å². The SMILES string of the molecule is CCCOc1c(Cl)cc(C(=O)NNC(=O)COc2ccccc2OCC)cc1OC. The van der Waals surface area contributed by atoms with E-state index in [-0.39, 0.29) is 17.2 Å². The molecule has 0 unspecified atom stereocenters. The van der Waals surface area contributed by atoms with Crippen molar-refractivity contribution >= 4 is 23.4 Å². The third kappa shape index (κ3) is 6.45. The van der Waals surface area contributed by atoms with Crippen molar-refractivity contribution in [1.82, 2.24) is 10.9 Å². The number of hydrogen-bond acceptors (Lipinski definition) is 6. The predicted octanol–water partition coefficient (Wildman–Crippen LogP) is 3.38. The number of carbonyl (C=O) groups excluding carboxylic acids is 2. The molecule has 0 aliphatic carbocycles. The average molecular weight is 437 g/mol. The van der Waals surface area contributed by atoms with Gasteiger partial charge in [0.1, 0.15) is 0 Å². The first-order valence-electron chi connectivity index (χ1n) is 9.44. The van der Waals surface area contributed by atoms with Crippen LogP contribution >= 0.6 is 11.6 Å². The number of para-hydroxylation sites is 2. The van der Waals surface area contributed by atoms with Gasteiger partial charge >= 0.3 is 0 Å². The Morgan fingerprint density at radius 2 is 1.67 bits per heavy atom. The Balaban J connectivity index is 1.94. The largest absolute Gasteiger partial charge is 0.493 e. The van der Waals surface area contributed by atoms with Crippen molar-refractivity contribution in [3.05, 3.63) is 47.0 Å². The number of nitrogens with one attached hydrogen (secondary N) is 2. The van der Waals surface area contributed by atoms with Crippen molar-refractivity contribution in [2.75, 3.05) is 26.9 Å². The van der Waals surface area contributed by atoms with Gasteiger partial charge in [0.15, 0.2) is 29.6 Å². The third-order valence-electron chi connectivity index (χ3n) is 3.77. The summed E-state index contributed by atoms with van der Waals surface area (Å²) in [5, 5.41) is 0.232. The molecule has 0 heterocycles. The lowest BCUT2D eigenvalue weighted by atomic mass is 10.2. The Morgan fingerprint density at radius 3 is 2.30 bits per heavy atom. The third-order valence-corrected chi connectivity index (χ3v) is 4.05. The molecule has 0 saturated carbocycles. The Bertz CT molecular complexity index is 875. The molecule has 0 saturated heterocycles. The van der Waals surface area contributed by atoms with Crippen LogP contribution in [0.2, 0.25) is 5.02 Å². The number of methoxy groups -OCH3 is 1. The van der Waals surface area contributed by atoms with Gasteiger partial charge in [0.2, 0.25) is 0 Å². The maximum Gasteiger partial charge on any atom is 0.276 e. The van der Waals surface area contributed by atoms with Gasteiger partial charge in [-0.1, -0.05) is 30.7 Å². The number of hydrazine groups is 1. The molecule has 2 N–H and O–H groups in total. The number of rotatable bonds is 10. The topological polar surface area (TPSA) is 95.1 Å². The lowest BCUT2D eigenvalue weighted by Gasteiger charge is -2.14. The summed E-state index contributed by atoms with van der Waals surface area (Å²) in [5.41, 5.74) is 4.80. The second-order valence-electron chi connectivity index (χ2n) is 6.01. The fourth-order valence-corrected chi connectivity index (χ4v) is 2.68. The molecule has 2 aromatic carbocycles. The van der Waals surface area contributed by atoms with Crippen LogP contribution in [0.1, 0.15) is 30.6 Å². The van der Waals surface area contributed by atoms with Crippen LogP contribution in [0.4, 0.5) is 0 Å². The molecule has 0 radical (unpaired) electrons. The molecule has 0 atom stereocenters. The van der Waals surface area contributed by atoms with Gasteiger partial charge < -0.3 is 18.9 Å². The first-order chi connectivity index (χ1) is 14.5. The van der Waals surface area contributed by atoms with E-state index in [1.165, 1.54) is 19.2 Å². The first-order valence-corrected chi connectivity index (χ1v) is 9.82. The molecule has 0 fully saturated rings. The van der Waals surface area contributed by atoms with Gasteiger partial charge in [-0.2, -0.15) is 0 Å². The molecular weight excluding hydrogens is 412 g/mol. The minimum atomic E-state index is -0.569. The van der Waals surface area contributed by atoms with Crippen molar-refractivity contribution in [3.8, 4) is 23.0 Å². The fraction of sp³-hybridized carbons (Fsp3) is 0.333. The van der Waals surface area contributed by atoms with Gasteiger partial charge in [0.25, 0.3) is 11.8 Å². The highest BCUT2D eigenvalue weighted by atomic mass is 35.5. The van der Waals surface area contributed by atoms with E-state index in [9.17, 15) is 9.59 Å². The number of carbonyl (C=O) groups is 2. The van der Waals surface area contributed by atoms with Gasteiger partial charge in [-0.3, -0.25) is 20.4 Å². The zero-order chi connectivity index (χ0) is 21.9. The highest BCUT2D eigenvalue weighted by Gasteiger charge is 2.16. The van der Waals surface area contributed by atoms with Gasteiger partial charge in [0, 0.05) is 5.56 Å². The van der Waals surface area contributed by atoms with E-state index in [0.29, 0.717) is 36.2 Å². The first kappa shape index (κ1) is 23.2. The highest BCUT2D eigenvalue weighted by molar-refractivity contribution is 6.32. The molecule has 2 aromatic rings. The van der Waals surface area contributed by atoms with Crippen LogP contribution in [0, 0.1) is 0 Å². The lowest BCUT2D eigenvalue weighted by Crippen LogP contribution is -2.43. The number of benzene rings is 2. The van der Waals surface area contributed by atoms with Crippen molar-refractivity contribution < 1.29 is 28.5 Å². The lowest BCUT2D eigenvalue weighted by molar-refractivity contribution is -0.123. The molecule has 30 heavy (non-hydrogen) atoms. The van der Waals surface area contributed by atoms with Gasteiger partial charge in [-0.25, -0.2) is 0 Å². The number of amides is 2. The number of ether oxygens (including phenoxy) is 4. The minimum absolute atomic E-state index is 0.198. The number of hydrogen-bond donors (Lipinski definition) is 2. The van der Waals surface area contributed by atoms with Crippen LogP contribution in [0.25, 0.3) is 0 Å². The predicted molar refractivity (Wildman–Crippen MR) is 113 cm³/mol. The van der Waals surface area contributed by atoms with Crippen LogP contribution < -0.4 is 29.8 Å². The van der Waals surface area contributed by atoms with E-state index >= 15 is 0 Å². The Hall–Kier alpha value is -3.13. The van der Waals surface area contributed by atoms with Gasteiger partial charge in [-0.05, 0) is 37.6 Å². The maximum absolute atomic E-state index is 12.4. The highest BCUT2D eigenvalue weighted by Crippen LogP contribution is 2.36. The molecular formula is C21H25ClN2O6.